The van der Waals surface area contributed by atoms with Gasteiger partial charge in [0.15, 0.2) is 0 Å². The summed E-state index contributed by atoms with van der Waals surface area (Å²) in [5.74, 6) is -0.742. The van der Waals surface area contributed by atoms with E-state index < -0.39 is 11.4 Å². The molecule has 0 aromatic rings. The van der Waals surface area contributed by atoms with Crippen molar-refractivity contribution >= 4 is 11.8 Å². The molecule has 0 amide bonds. The van der Waals surface area contributed by atoms with Crippen LogP contribution in [-0.4, -0.2) is 16.9 Å². The van der Waals surface area contributed by atoms with E-state index in [1.165, 1.54) is 0 Å². The summed E-state index contributed by atoms with van der Waals surface area (Å²) in [5.41, 5.74) is -0.783. The molecule has 0 atom stereocenters. The molecule has 1 aliphatic rings. The Bertz CT molecular complexity index is 239. The Kier molecular flexibility index (Phi) is 2.22. The van der Waals surface area contributed by atoms with Crippen LogP contribution in [-0.2, 0) is 9.59 Å². The lowest BCUT2D eigenvalue weighted by atomic mass is 9.61. The third kappa shape index (κ3) is 2.08. The molecule has 0 radical (unpaired) electrons. The van der Waals surface area contributed by atoms with Crippen LogP contribution in [0.5, 0.6) is 0 Å². The monoisotopic (exact) mass is 184 g/mol. The fourth-order valence-electron chi connectivity index (χ4n) is 2.07. The highest BCUT2D eigenvalue weighted by Gasteiger charge is 2.51. The lowest BCUT2D eigenvalue weighted by Gasteiger charge is -2.40. The third-order valence-electron chi connectivity index (χ3n) is 2.39. The van der Waals surface area contributed by atoms with E-state index in [4.69, 9.17) is 5.11 Å². The molecule has 0 heterocycles. The summed E-state index contributed by atoms with van der Waals surface area (Å²) in [4.78, 5) is 21.8. The van der Waals surface area contributed by atoms with Gasteiger partial charge in [-0.1, -0.05) is 20.8 Å². The number of hydrogen-bond acceptors (Lipinski definition) is 2. The topological polar surface area (TPSA) is 54.4 Å². The first-order valence-corrected chi connectivity index (χ1v) is 4.50. The molecule has 1 saturated carbocycles. The van der Waals surface area contributed by atoms with Crippen molar-refractivity contribution < 1.29 is 14.7 Å². The van der Waals surface area contributed by atoms with Gasteiger partial charge in [0.25, 0.3) is 0 Å². The van der Waals surface area contributed by atoms with Gasteiger partial charge < -0.3 is 5.11 Å². The molecule has 0 aromatic carbocycles. The summed E-state index contributed by atoms with van der Waals surface area (Å²) in [6, 6.07) is 0. The smallest absolute Gasteiger partial charge is 0.310 e. The molecule has 74 valence electrons. The minimum Gasteiger partial charge on any atom is -0.481 e. The molecule has 1 rings (SSSR count). The van der Waals surface area contributed by atoms with Crippen molar-refractivity contribution in [1.29, 1.82) is 0 Å². The number of ketones is 1. The van der Waals surface area contributed by atoms with Gasteiger partial charge in [0.2, 0.25) is 0 Å². The van der Waals surface area contributed by atoms with Crippen molar-refractivity contribution in [1.82, 2.24) is 0 Å². The summed E-state index contributed by atoms with van der Waals surface area (Å²) in [7, 11) is 0. The van der Waals surface area contributed by atoms with Gasteiger partial charge in [-0.25, -0.2) is 0 Å². The molecule has 0 bridgehead atoms. The Morgan fingerprint density at radius 1 is 1.46 bits per heavy atom. The Morgan fingerprint density at radius 3 is 2.15 bits per heavy atom. The molecule has 3 nitrogen and oxygen atoms in total. The predicted molar refractivity (Wildman–Crippen MR) is 48.4 cm³/mol. The fraction of sp³-hybridized carbons (Fsp3) is 0.800. The van der Waals surface area contributed by atoms with Gasteiger partial charge in [-0.15, -0.1) is 0 Å². The SMILES string of the molecule is CC(C)(C)CC1(C(=O)O)CC(=O)C1. The Morgan fingerprint density at radius 2 is 1.92 bits per heavy atom. The number of carboxylic acids is 1. The molecular formula is C10H16O3. The molecule has 1 aliphatic carbocycles. The van der Waals surface area contributed by atoms with Gasteiger partial charge in [-0.2, -0.15) is 0 Å². The molecule has 0 saturated heterocycles. The van der Waals surface area contributed by atoms with Gasteiger partial charge in [-0.05, 0) is 11.8 Å². The number of aliphatic carboxylic acids is 1. The first-order chi connectivity index (χ1) is 5.75. The molecule has 1 N–H and O–H groups in total. The predicted octanol–water partition coefficient (Wildman–Crippen LogP) is 1.86. The standard InChI is InChI=1S/C10H16O3/c1-9(2,3)6-10(8(12)13)4-7(11)5-10/h4-6H2,1-3H3,(H,12,13). The first-order valence-electron chi connectivity index (χ1n) is 4.50. The summed E-state index contributed by atoms with van der Waals surface area (Å²) in [5, 5.41) is 9.01. The van der Waals surface area contributed by atoms with Crippen LogP contribution in [0.3, 0.4) is 0 Å². The number of hydrogen-bond donors (Lipinski definition) is 1. The molecule has 0 unspecified atom stereocenters. The van der Waals surface area contributed by atoms with E-state index in [1.807, 2.05) is 20.8 Å². The molecule has 0 spiro atoms. The summed E-state index contributed by atoms with van der Waals surface area (Å²) < 4.78 is 0. The highest BCUT2D eigenvalue weighted by atomic mass is 16.4. The average molecular weight is 184 g/mol. The molecule has 1 fully saturated rings. The zero-order valence-corrected chi connectivity index (χ0v) is 8.39. The summed E-state index contributed by atoms with van der Waals surface area (Å²) in [6.07, 6.45) is 1.03. The van der Waals surface area contributed by atoms with Gasteiger partial charge in [0, 0.05) is 12.8 Å². The number of rotatable bonds is 2. The Hall–Kier alpha value is -0.860. The molecule has 0 aromatic heterocycles. The lowest BCUT2D eigenvalue weighted by molar-refractivity contribution is -0.163. The van der Waals surface area contributed by atoms with Crippen LogP contribution in [0, 0.1) is 10.8 Å². The van der Waals surface area contributed by atoms with Crippen molar-refractivity contribution in [2.24, 2.45) is 10.8 Å². The van der Waals surface area contributed by atoms with E-state index in [1.54, 1.807) is 0 Å². The van der Waals surface area contributed by atoms with E-state index in [2.05, 4.69) is 0 Å². The minimum absolute atomic E-state index is 0.0287. The van der Waals surface area contributed by atoms with Crippen LogP contribution < -0.4 is 0 Å². The van der Waals surface area contributed by atoms with Crippen molar-refractivity contribution in [3.05, 3.63) is 0 Å². The second-order valence-electron chi connectivity index (χ2n) is 5.22. The van der Waals surface area contributed by atoms with Crippen LogP contribution in [0.15, 0.2) is 0 Å². The van der Waals surface area contributed by atoms with Gasteiger partial charge in [0.05, 0.1) is 5.41 Å². The number of carbonyl (C=O) groups is 2. The molecule has 0 aliphatic heterocycles. The quantitative estimate of drug-likeness (QED) is 0.712. The van der Waals surface area contributed by atoms with Crippen LogP contribution in [0.1, 0.15) is 40.0 Å². The summed E-state index contributed by atoms with van der Waals surface area (Å²) in [6.45, 7) is 6.00. The van der Waals surface area contributed by atoms with E-state index >= 15 is 0 Å². The maximum atomic E-state index is 11.0. The van der Waals surface area contributed by atoms with Crippen LogP contribution >= 0.6 is 0 Å². The maximum Gasteiger partial charge on any atom is 0.310 e. The van der Waals surface area contributed by atoms with Gasteiger partial charge in [-0.3, -0.25) is 9.59 Å². The fourth-order valence-corrected chi connectivity index (χ4v) is 2.07. The molecule has 3 heteroatoms. The van der Waals surface area contributed by atoms with E-state index in [9.17, 15) is 9.59 Å². The normalized spacial score (nSPS) is 21.0. The van der Waals surface area contributed by atoms with Gasteiger partial charge >= 0.3 is 5.97 Å². The number of carbonyl (C=O) groups excluding carboxylic acids is 1. The molecule has 13 heavy (non-hydrogen) atoms. The second-order valence-corrected chi connectivity index (χ2v) is 5.22. The zero-order valence-electron chi connectivity index (χ0n) is 8.39. The van der Waals surface area contributed by atoms with Crippen LogP contribution in [0.25, 0.3) is 0 Å². The number of carboxylic acid groups (broad SMARTS) is 1. The number of Topliss-reactive ketones (excluding diaryl/α,β-unsaturated/α-hetero) is 1. The van der Waals surface area contributed by atoms with E-state index in [0.29, 0.717) is 6.42 Å². The zero-order chi connectivity index (χ0) is 10.3. The second kappa shape index (κ2) is 2.82. The Balaban J connectivity index is 2.72. The average Bonchev–Trinajstić information content (AvgIpc) is 1.79. The highest BCUT2D eigenvalue weighted by molar-refractivity contribution is 5.96. The first kappa shape index (κ1) is 10.2. The van der Waals surface area contributed by atoms with Gasteiger partial charge in [0.1, 0.15) is 5.78 Å². The van der Waals surface area contributed by atoms with Crippen molar-refractivity contribution in [2.45, 2.75) is 40.0 Å². The van der Waals surface area contributed by atoms with E-state index in [0.717, 1.165) is 0 Å². The Labute approximate surface area is 78.1 Å². The van der Waals surface area contributed by atoms with Crippen molar-refractivity contribution in [2.75, 3.05) is 0 Å². The van der Waals surface area contributed by atoms with Crippen LogP contribution in [0.4, 0.5) is 0 Å². The van der Waals surface area contributed by atoms with Crippen molar-refractivity contribution in [3.63, 3.8) is 0 Å². The van der Waals surface area contributed by atoms with Crippen LogP contribution in [0.2, 0.25) is 0 Å². The molecular weight excluding hydrogens is 168 g/mol. The maximum absolute atomic E-state index is 11.0. The summed E-state index contributed by atoms with van der Waals surface area (Å²) >= 11 is 0. The third-order valence-corrected chi connectivity index (χ3v) is 2.39. The largest absolute Gasteiger partial charge is 0.481 e. The minimum atomic E-state index is -0.818. The van der Waals surface area contributed by atoms with Crippen molar-refractivity contribution in [3.8, 4) is 0 Å². The lowest BCUT2D eigenvalue weighted by Crippen LogP contribution is -2.46. The highest BCUT2D eigenvalue weighted by Crippen LogP contribution is 2.46. The van der Waals surface area contributed by atoms with E-state index in [-0.39, 0.29) is 24.0 Å².